The van der Waals surface area contributed by atoms with Gasteiger partial charge in [-0.05, 0) is 39.0 Å². The van der Waals surface area contributed by atoms with Crippen molar-refractivity contribution in [3.05, 3.63) is 0 Å². The summed E-state index contributed by atoms with van der Waals surface area (Å²) < 4.78 is 5.35. The maximum atomic E-state index is 11.8. The van der Waals surface area contributed by atoms with E-state index in [0.717, 1.165) is 6.54 Å². The molecule has 3 atom stereocenters. The highest BCUT2D eigenvalue weighted by atomic mass is 16.6. The second-order valence-electron chi connectivity index (χ2n) is 5.60. The Bertz CT molecular complexity index is 272. The minimum absolute atomic E-state index is 0.204. The fourth-order valence-corrected chi connectivity index (χ4v) is 2.40. The Labute approximate surface area is 90.8 Å². The zero-order valence-electron chi connectivity index (χ0n) is 9.69. The van der Waals surface area contributed by atoms with Gasteiger partial charge in [0, 0.05) is 13.1 Å². The molecule has 0 aromatic heterocycles. The molecule has 86 valence electrons. The molecule has 2 rings (SSSR count). The summed E-state index contributed by atoms with van der Waals surface area (Å²) >= 11 is 0. The molecule has 0 aromatic rings. The molecule has 4 heteroatoms. The second-order valence-corrected chi connectivity index (χ2v) is 5.60. The van der Waals surface area contributed by atoms with E-state index >= 15 is 0 Å². The summed E-state index contributed by atoms with van der Waals surface area (Å²) in [6.07, 6.45) is 1.03. The van der Waals surface area contributed by atoms with Crippen LogP contribution >= 0.6 is 0 Å². The van der Waals surface area contributed by atoms with E-state index in [0.29, 0.717) is 18.4 Å². The van der Waals surface area contributed by atoms with Crippen LogP contribution in [0.15, 0.2) is 0 Å². The molecule has 1 heterocycles. The molecular formula is C11H20N2O2. The SMILES string of the molecule is CC(C)(C)OC(=O)N1CC2CC2C1CN. The van der Waals surface area contributed by atoms with Crippen molar-refractivity contribution in [3.63, 3.8) is 0 Å². The van der Waals surface area contributed by atoms with Crippen LogP contribution in [0.5, 0.6) is 0 Å². The minimum Gasteiger partial charge on any atom is -0.444 e. The monoisotopic (exact) mass is 212 g/mol. The van der Waals surface area contributed by atoms with Gasteiger partial charge in [0.2, 0.25) is 0 Å². The number of nitrogens with zero attached hydrogens (tertiary/aromatic N) is 1. The van der Waals surface area contributed by atoms with E-state index in [2.05, 4.69) is 0 Å². The van der Waals surface area contributed by atoms with Gasteiger partial charge in [-0.15, -0.1) is 0 Å². The van der Waals surface area contributed by atoms with Crippen LogP contribution in [0.4, 0.5) is 4.79 Å². The fourth-order valence-electron chi connectivity index (χ4n) is 2.40. The maximum Gasteiger partial charge on any atom is 0.410 e. The van der Waals surface area contributed by atoms with Crippen molar-refractivity contribution >= 4 is 6.09 Å². The first-order chi connectivity index (χ1) is 6.92. The maximum absolute atomic E-state index is 11.8. The largest absolute Gasteiger partial charge is 0.444 e. The third-order valence-corrected chi connectivity index (χ3v) is 3.17. The molecule has 1 amide bonds. The Morgan fingerprint density at radius 3 is 2.73 bits per heavy atom. The Morgan fingerprint density at radius 2 is 2.20 bits per heavy atom. The molecule has 2 N–H and O–H groups in total. The van der Waals surface area contributed by atoms with E-state index in [1.54, 1.807) is 0 Å². The fraction of sp³-hybridized carbons (Fsp3) is 0.909. The van der Waals surface area contributed by atoms with Gasteiger partial charge in [-0.25, -0.2) is 4.79 Å². The van der Waals surface area contributed by atoms with Crippen molar-refractivity contribution in [2.75, 3.05) is 13.1 Å². The number of carbonyl (C=O) groups is 1. The number of fused-ring (bicyclic) bond motifs is 1. The average Bonchev–Trinajstić information content (AvgIpc) is 2.75. The van der Waals surface area contributed by atoms with Crippen LogP contribution in [0, 0.1) is 11.8 Å². The van der Waals surface area contributed by atoms with Crippen LogP contribution < -0.4 is 5.73 Å². The number of ether oxygens (including phenoxy) is 1. The quantitative estimate of drug-likeness (QED) is 0.710. The van der Waals surface area contributed by atoms with E-state index in [-0.39, 0.29) is 12.1 Å². The molecular weight excluding hydrogens is 192 g/mol. The molecule has 4 nitrogen and oxygen atoms in total. The molecule has 0 aromatic carbocycles. The molecule has 1 saturated carbocycles. The number of carbonyl (C=O) groups excluding carboxylic acids is 1. The van der Waals surface area contributed by atoms with Gasteiger partial charge in [0.25, 0.3) is 0 Å². The molecule has 2 aliphatic rings. The third-order valence-electron chi connectivity index (χ3n) is 3.17. The first kappa shape index (κ1) is 10.7. The number of rotatable bonds is 1. The molecule has 2 fully saturated rings. The van der Waals surface area contributed by atoms with Crippen molar-refractivity contribution in [3.8, 4) is 0 Å². The molecule has 1 aliphatic heterocycles. The molecule has 1 saturated heterocycles. The van der Waals surface area contributed by atoms with Gasteiger partial charge in [0.05, 0.1) is 6.04 Å². The predicted molar refractivity (Wildman–Crippen MR) is 57.4 cm³/mol. The smallest absolute Gasteiger partial charge is 0.410 e. The summed E-state index contributed by atoms with van der Waals surface area (Å²) in [6.45, 7) is 7.05. The topological polar surface area (TPSA) is 55.6 Å². The average molecular weight is 212 g/mol. The van der Waals surface area contributed by atoms with Gasteiger partial charge in [-0.1, -0.05) is 0 Å². The van der Waals surface area contributed by atoms with E-state index < -0.39 is 5.60 Å². The van der Waals surface area contributed by atoms with E-state index in [9.17, 15) is 4.79 Å². The lowest BCUT2D eigenvalue weighted by molar-refractivity contribution is 0.0200. The van der Waals surface area contributed by atoms with Crippen LogP contribution in [0.3, 0.4) is 0 Å². The first-order valence-electron chi connectivity index (χ1n) is 5.62. The highest BCUT2D eigenvalue weighted by Crippen LogP contribution is 2.49. The van der Waals surface area contributed by atoms with Crippen molar-refractivity contribution in [2.45, 2.75) is 38.8 Å². The molecule has 0 spiro atoms. The van der Waals surface area contributed by atoms with E-state index in [4.69, 9.17) is 10.5 Å². The number of likely N-dealkylation sites (tertiary alicyclic amines) is 1. The van der Waals surface area contributed by atoms with Crippen molar-refractivity contribution < 1.29 is 9.53 Å². The highest BCUT2D eigenvalue weighted by Gasteiger charge is 2.54. The Morgan fingerprint density at radius 1 is 1.53 bits per heavy atom. The number of piperidine rings is 1. The number of nitrogens with two attached hydrogens (primary N) is 1. The van der Waals surface area contributed by atoms with Crippen molar-refractivity contribution in [2.24, 2.45) is 17.6 Å². The molecule has 1 aliphatic carbocycles. The van der Waals surface area contributed by atoms with Gasteiger partial charge in [-0.3, -0.25) is 0 Å². The minimum atomic E-state index is -0.414. The second kappa shape index (κ2) is 3.37. The molecule has 0 radical (unpaired) electrons. The van der Waals surface area contributed by atoms with Crippen LogP contribution in [0.1, 0.15) is 27.2 Å². The van der Waals surface area contributed by atoms with Gasteiger partial charge >= 0.3 is 6.09 Å². The van der Waals surface area contributed by atoms with Gasteiger partial charge in [-0.2, -0.15) is 0 Å². The van der Waals surface area contributed by atoms with Gasteiger partial charge in [0.1, 0.15) is 5.60 Å². The standard InChI is InChI=1S/C11H20N2O2/c1-11(2,3)15-10(14)13-6-7-4-8(7)9(13)5-12/h7-9H,4-6,12H2,1-3H3. The summed E-state index contributed by atoms with van der Waals surface area (Å²) in [6, 6.07) is 0.213. The molecule has 0 bridgehead atoms. The predicted octanol–water partition coefficient (Wildman–Crippen LogP) is 1.20. The first-order valence-corrected chi connectivity index (χ1v) is 5.62. The summed E-state index contributed by atoms with van der Waals surface area (Å²) in [5, 5.41) is 0. The van der Waals surface area contributed by atoms with Crippen molar-refractivity contribution in [1.82, 2.24) is 4.90 Å². The van der Waals surface area contributed by atoms with Crippen molar-refractivity contribution in [1.29, 1.82) is 0 Å². The zero-order valence-corrected chi connectivity index (χ0v) is 9.69. The van der Waals surface area contributed by atoms with Crippen LogP contribution in [0.25, 0.3) is 0 Å². The Balaban J connectivity index is 1.96. The third kappa shape index (κ3) is 2.09. The van der Waals surface area contributed by atoms with Crippen LogP contribution in [0.2, 0.25) is 0 Å². The Hall–Kier alpha value is -0.770. The molecule has 15 heavy (non-hydrogen) atoms. The van der Waals surface area contributed by atoms with Gasteiger partial charge < -0.3 is 15.4 Å². The van der Waals surface area contributed by atoms with Crippen LogP contribution in [-0.2, 0) is 4.74 Å². The highest BCUT2D eigenvalue weighted by molar-refractivity contribution is 5.69. The summed E-state index contributed by atoms with van der Waals surface area (Å²) in [4.78, 5) is 13.7. The number of hydrogen-bond acceptors (Lipinski definition) is 3. The lowest BCUT2D eigenvalue weighted by atomic mass is 10.2. The molecule has 3 unspecified atom stereocenters. The van der Waals surface area contributed by atoms with Gasteiger partial charge in [0.15, 0.2) is 0 Å². The summed E-state index contributed by atoms with van der Waals surface area (Å²) in [7, 11) is 0. The summed E-state index contributed by atoms with van der Waals surface area (Å²) in [5.74, 6) is 1.33. The number of hydrogen-bond donors (Lipinski definition) is 1. The van der Waals surface area contributed by atoms with Crippen LogP contribution in [-0.4, -0.2) is 35.7 Å². The number of amides is 1. The van der Waals surface area contributed by atoms with E-state index in [1.165, 1.54) is 6.42 Å². The normalized spacial score (nSPS) is 33.9. The zero-order chi connectivity index (χ0) is 11.2. The van der Waals surface area contributed by atoms with E-state index in [1.807, 2.05) is 25.7 Å². The lowest BCUT2D eigenvalue weighted by Crippen LogP contribution is -2.45. The summed E-state index contributed by atoms with van der Waals surface area (Å²) in [5.41, 5.74) is 5.28. The lowest BCUT2D eigenvalue weighted by Gasteiger charge is -2.29. The Kier molecular flexibility index (Phi) is 2.41.